The molecule has 0 radical (unpaired) electrons. The normalized spacial score (nSPS) is 17.6. The Bertz CT molecular complexity index is 802. The van der Waals surface area contributed by atoms with Crippen LogP contribution in [0.5, 0.6) is 5.75 Å². The minimum absolute atomic E-state index is 0.00970. The van der Waals surface area contributed by atoms with Crippen LogP contribution < -0.4 is 10.1 Å². The highest BCUT2D eigenvalue weighted by Gasteiger charge is 2.25. The van der Waals surface area contributed by atoms with Gasteiger partial charge in [-0.2, -0.15) is 5.10 Å². The lowest BCUT2D eigenvalue weighted by Gasteiger charge is -2.34. The van der Waals surface area contributed by atoms with Crippen LogP contribution in [0.15, 0.2) is 41.7 Å². The molecule has 158 valence electrons. The largest absolute Gasteiger partial charge is 0.491 e. The molecule has 1 aromatic heterocycles. The van der Waals surface area contributed by atoms with Crippen molar-refractivity contribution >= 4 is 5.96 Å². The van der Waals surface area contributed by atoms with E-state index in [4.69, 9.17) is 14.5 Å². The van der Waals surface area contributed by atoms with Gasteiger partial charge in [0.2, 0.25) is 0 Å². The first-order valence-corrected chi connectivity index (χ1v) is 10.4. The van der Waals surface area contributed by atoms with Gasteiger partial charge in [-0.05, 0) is 24.5 Å². The number of rotatable bonds is 7. The van der Waals surface area contributed by atoms with E-state index in [0.29, 0.717) is 25.7 Å². The third-order valence-corrected chi connectivity index (χ3v) is 4.95. The van der Waals surface area contributed by atoms with Gasteiger partial charge in [0.15, 0.2) is 5.96 Å². The fourth-order valence-electron chi connectivity index (χ4n) is 3.47. The quantitative estimate of drug-likeness (QED) is 0.441. The van der Waals surface area contributed by atoms with Crippen molar-refractivity contribution in [3.8, 4) is 5.75 Å². The van der Waals surface area contributed by atoms with Crippen LogP contribution in [0.4, 0.5) is 0 Å². The number of aliphatic imine (C=N–C) groups is 1. The van der Waals surface area contributed by atoms with E-state index in [1.54, 1.807) is 0 Å². The highest BCUT2D eigenvalue weighted by Crippen LogP contribution is 2.25. The summed E-state index contributed by atoms with van der Waals surface area (Å²) in [6.45, 7) is 10.7. The number of nitrogens with zero attached hydrogens (tertiary/aromatic N) is 4. The first-order valence-electron chi connectivity index (χ1n) is 10.4. The number of morpholine rings is 1. The molecular formula is C22H33N5O2. The third-order valence-electron chi connectivity index (χ3n) is 4.95. The summed E-state index contributed by atoms with van der Waals surface area (Å²) in [5.41, 5.74) is 2.33. The molecule has 1 N–H and O–H groups in total. The summed E-state index contributed by atoms with van der Waals surface area (Å²) >= 11 is 0. The molecule has 1 saturated heterocycles. The zero-order chi connectivity index (χ0) is 20.6. The highest BCUT2D eigenvalue weighted by molar-refractivity contribution is 5.80. The van der Waals surface area contributed by atoms with Crippen molar-refractivity contribution in [2.45, 2.75) is 32.8 Å². The second-order valence-electron chi connectivity index (χ2n) is 7.53. The first-order chi connectivity index (χ1) is 14.1. The lowest BCUT2D eigenvalue weighted by molar-refractivity contribution is -0.00805. The van der Waals surface area contributed by atoms with Gasteiger partial charge in [0.1, 0.15) is 18.5 Å². The predicted molar refractivity (Wildman–Crippen MR) is 115 cm³/mol. The SMILES string of the molecule is CCNC(=NCCOc1ccccc1C(C)C)N1CCOC(c2cnn(C)c2)C1. The van der Waals surface area contributed by atoms with E-state index in [0.717, 1.165) is 36.9 Å². The van der Waals surface area contributed by atoms with E-state index in [1.807, 2.05) is 36.3 Å². The smallest absolute Gasteiger partial charge is 0.194 e. The minimum Gasteiger partial charge on any atom is -0.491 e. The third kappa shape index (κ3) is 5.73. The van der Waals surface area contributed by atoms with E-state index < -0.39 is 0 Å². The maximum atomic E-state index is 6.02. The number of nitrogens with one attached hydrogen (secondary N) is 1. The molecule has 29 heavy (non-hydrogen) atoms. The molecule has 2 heterocycles. The van der Waals surface area contributed by atoms with E-state index in [-0.39, 0.29) is 6.10 Å². The molecule has 0 amide bonds. The molecule has 1 aromatic carbocycles. The molecule has 1 unspecified atom stereocenters. The topological polar surface area (TPSA) is 63.9 Å². The van der Waals surface area contributed by atoms with Crippen LogP contribution in [-0.4, -0.2) is 60.0 Å². The highest BCUT2D eigenvalue weighted by atomic mass is 16.5. The number of aromatic nitrogens is 2. The Hall–Kier alpha value is -2.54. The molecule has 7 nitrogen and oxygen atoms in total. The van der Waals surface area contributed by atoms with Crippen LogP contribution in [-0.2, 0) is 11.8 Å². The van der Waals surface area contributed by atoms with Crippen LogP contribution in [0, 0.1) is 0 Å². The van der Waals surface area contributed by atoms with Crippen molar-refractivity contribution in [2.75, 3.05) is 39.4 Å². The Kier molecular flexibility index (Phi) is 7.52. The number of hydrogen-bond donors (Lipinski definition) is 1. The summed E-state index contributed by atoms with van der Waals surface area (Å²) < 4.78 is 13.8. The molecule has 1 atom stereocenters. The Balaban J connectivity index is 1.59. The lowest BCUT2D eigenvalue weighted by atomic mass is 10.0. The molecule has 1 aliphatic rings. The molecule has 0 aliphatic carbocycles. The Morgan fingerprint density at radius 3 is 2.93 bits per heavy atom. The summed E-state index contributed by atoms with van der Waals surface area (Å²) in [4.78, 5) is 7.05. The second kappa shape index (κ2) is 10.3. The fraction of sp³-hybridized carbons (Fsp3) is 0.545. The Morgan fingerprint density at radius 1 is 1.38 bits per heavy atom. The summed E-state index contributed by atoms with van der Waals surface area (Å²) in [5.74, 6) is 2.29. The Labute approximate surface area is 173 Å². The monoisotopic (exact) mass is 399 g/mol. The molecule has 2 aromatic rings. The molecular weight excluding hydrogens is 366 g/mol. The van der Waals surface area contributed by atoms with Crippen molar-refractivity contribution < 1.29 is 9.47 Å². The average molecular weight is 400 g/mol. The lowest BCUT2D eigenvalue weighted by Crippen LogP contribution is -2.48. The van der Waals surface area contributed by atoms with Gasteiger partial charge in [0, 0.05) is 31.9 Å². The zero-order valence-electron chi connectivity index (χ0n) is 18.0. The molecule has 1 fully saturated rings. The first kappa shape index (κ1) is 21.2. The van der Waals surface area contributed by atoms with Crippen molar-refractivity contribution in [2.24, 2.45) is 12.0 Å². The summed E-state index contributed by atoms with van der Waals surface area (Å²) in [5, 5.41) is 7.66. The molecule has 7 heteroatoms. The number of ether oxygens (including phenoxy) is 2. The van der Waals surface area contributed by atoms with Crippen LogP contribution in [0.2, 0.25) is 0 Å². The van der Waals surface area contributed by atoms with Crippen LogP contribution in [0.25, 0.3) is 0 Å². The van der Waals surface area contributed by atoms with Gasteiger partial charge in [-0.25, -0.2) is 4.99 Å². The van der Waals surface area contributed by atoms with Crippen LogP contribution in [0.3, 0.4) is 0 Å². The van der Waals surface area contributed by atoms with Gasteiger partial charge in [0.05, 0.1) is 25.9 Å². The van der Waals surface area contributed by atoms with Crippen molar-refractivity contribution in [3.63, 3.8) is 0 Å². The summed E-state index contributed by atoms with van der Waals surface area (Å²) in [6, 6.07) is 8.23. The number of aryl methyl sites for hydroxylation is 1. The fourth-order valence-corrected chi connectivity index (χ4v) is 3.47. The van der Waals surface area contributed by atoms with Gasteiger partial charge in [0.25, 0.3) is 0 Å². The average Bonchev–Trinajstić information content (AvgIpc) is 3.17. The van der Waals surface area contributed by atoms with Gasteiger partial charge in [-0.15, -0.1) is 0 Å². The van der Waals surface area contributed by atoms with Gasteiger partial charge in [-0.3, -0.25) is 4.68 Å². The number of para-hydroxylation sites is 1. The molecule has 3 rings (SSSR count). The molecule has 0 bridgehead atoms. The molecule has 1 aliphatic heterocycles. The van der Waals surface area contributed by atoms with E-state index in [2.05, 4.69) is 48.2 Å². The predicted octanol–water partition coefficient (Wildman–Crippen LogP) is 2.96. The maximum absolute atomic E-state index is 6.02. The second-order valence-corrected chi connectivity index (χ2v) is 7.53. The van der Waals surface area contributed by atoms with Crippen molar-refractivity contribution in [1.82, 2.24) is 20.0 Å². The van der Waals surface area contributed by atoms with Gasteiger partial charge in [-0.1, -0.05) is 32.0 Å². The number of guanidine groups is 1. The van der Waals surface area contributed by atoms with Gasteiger partial charge >= 0.3 is 0 Å². The maximum Gasteiger partial charge on any atom is 0.194 e. The van der Waals surface area contributed by atoms with Crippen molar-refractivity contribution in [1.29, 1.82) is 0 Å². The van der Waals surface area contributed by atoms with E-state index in [1.165, 1.54) is 5.56 Å². The summed E-state index contributed by atoms with van der Waals surface area (Å²) in [6.07, 6.45) is 3.90. The molecule has 0 spiro atoms. The van der Waals surface area contributed by atoms with E-state index in [9.17, 15) is 0 Å². The minimum atomic E-state index is 0.00970. The molecule has 0 saturated carbocycles. The van der Waals surface area contributed by atoms with Crippen molar-refractivity contribution in [3.05, 3.63) is 47.8 Å². The van der Waals surface area contributed by atoms with Crippen LogP contribution in [0.1, 0.15) is 43.9 Å². The zero-order valence-corrected chi connectivity index (χ0v) is 18.0. The Morgan fingerprint density at radius 2 is 2.21 bits per heavy atom. The summed E-state index contributed by atoms with van der Waals surface area (Å²) in [7, 11) is 1.92. The standard InChI is InChI=1S/C22H33N5O2/c1-5-23-22(24-10-12-28-20-9-7-6-8-19(20)17(2)3)27-11-13-29-21(16-27)18-14-25-26(4)15-18/h6-9,14-15,17,21H,5,10-13,16H2,1-4H3,(H,23,24). The van der Waals surface area contributed by atoms with E-state index >= 15 is 0 Å². The number of hydrogen-bond acceptors (Lipinski definition) is 4. The van der Waals surface area contributed by atoms with Crippen LogP contribution >= 0.6 is 0 Å². The van der Waals surface area contributed by atoms with Gasteiger partial charge < -0.3 is 19.7 Å². The number of benzene rings is 1.